The van der Waals surface area contributed by atoms with Gasteiger partial charge in [0.05, 0.1) is 0 Å². The lowest BCUT2D eigenvalue weighted by molar-refractivity contribution is -0.130. The summed E-state index contributed by atoms with van der Waals surface area (Å²) in [7, 11) is 1.88. The smallest absolute Gasteiger partial charge is 0.222 e. The van der Waals surface area contributed by atoms with Crippen molar-refractivity contribution in [1.82, 2.24) is 4.90 Å². The summed E-state index contributed by atoms with van der Waals surface area (Å²) in [6, 6.07) is 0. The molecule has 1 atom stereocenters. The maximum atomic E-state index is 11.7. The highest BCUT2D eigenvalue weighted by atomic mass is 16.2. The van der Waals surface area contributed by atoms with E-state index in [0.717, 1.165) is 38.8 Å². The van der Waals surface area contributed by atoms with Crippen molar-refractivity contribution in [3.8, 4) is 0 Å². The predicted molar refractivity (Wildman–Crippen MR) is 64.6 cm³/mol. The van der Waals surface area contributed by atoms with Gasteiger partial charge < -0.3 is 10.6 Å². The molecule has 0 aliphatic carbocycles. The molecule has 15 heavy (non-hydrogen) atoms. The molecule has 0 saturated heterocycles. The summed E-state index contributed by atoms with van der Waals surface area (Å²) in [5.41, 5.74) is 5.52. The Labute approximate surface area is 94.0 Å². The molecule has 0 aliphatic heterocycles. The van der Waals surface area contributed by atoms with Gasteiger partial charge in [0.1, 0.15) is 0 Å². The minimum Gasteiger partial charge on any atom is -0.346 e. The van der Waals surface area contributed by atoms with E-state index in [1.165, 1.54) is 0 Å². The molecule has 1 unspecified atom stereocenters. The second kappa shape index (κ2) is 8.72. The molecule has 0 bridgehead atoms. The molecular weight excluding hydrogens is 188 g/mol. The molecule has 3 nitrogen and oxygen atoms in total. The van der Waals surface area contributed by atoms with Crippen LogP contribution in [0.4, 0.5) is 0 Å². The molecule has 3 heteroatoms. The summed E-state index contributed by atoms with van der Waals surface area (Å²) in [4.78, 5) is 13.5. The van der Waals surface area contributed by atoms with Crippen molar-refractivity contribution in [3.05, 3.63) is 0 Å². The number of nitrogens with zero attached hydrogens (tertiary/aromatic N) is 1. The summed E-state index contributed by atoms with van der Waals surface area (Å²) in [5, 5.41) is 0. The van der Waals surface area contributed by atoms with Crippen LogP contribution in [0.1, 0.15) is 46.0 Å². The molecule has 0 spiro atoms. The number of amides is 1. The number of nitrogens with two attached hydrogens (primary N) is 1. The Balaban J connectivity index is 3.76. The Morgan fingerprint density at radius 2 is 2.00 bits per heavy atom. The standard InChI is InChI=1S/C12H26N2O/c1-4-10-14(3)12(15)7-6-11(5-2)8-9-13/h11H,4-10,13H2,1-3H3. The first-order chi connectivity index (χ1) is 7.15. The second-order valence-electron chi connectivity index (χ2n) is 4.21. The van der Waals surface area contributed by atoms with Gasteiger partial charge in [0.2, 0.25) is 5.91 Å². The van der Waals surface area contributed by atoms with Gasteiger partial charge in [-0.15, -0.1) is 0 Å². The molecule has 0 heterocycles. The summed E-state index contributed by atoms with van der Waals surface area (Å²) in [6.07, 6.45) is 4.86. The zero-order chi connectivity index (χ0) is 11.7. The Bertz CT molecular complexity index is 171. The summed E-state index contributed by atoms with van der Waals surface area (Å²) in [5.74, 6) is 0.890. The van der Waals surface area contributed by atoms with E-state index < -0.39 is 0 Å². The molecule has 1 amide bonds. The van der Waals surface area contributed by atoms with E-state index in [4.69, 9.17) is 5.73 Å². The van der Waals surface area contributed by atoms with E-state index in [2.05, 4.69) is 13.8 Å². The zero-order valence-corrected chi connectivity index (χ0v) is 10.5. The Hall–Kier alpha value is -0.570. The van der Waals surface area contributed by atoms with Gasteiger partial charge in [0.25, 0.3) is 0 Å². The largest absolute Gasteiger partial charge is 0.346 e. The van der Waals surface area contributed by atoms with Crippen molar-refractivity contribution >= 4 is 5.91 Å². The fourth-order valence-electron chi connectivity index (χ4n) is 1.77. The first kappa shape index (κ1) is 14.4. The lowest BCUT2D eigenvalue weighted by Gasteiger charge is -2.18. The van der Waals surface area contributed by atoms with E-state index in [9.17, 15) is 4.79 Å². The first-order valence-corrected chi connectivity index (χ1v) is 6.09. The van der Waals surface area contributed by atoms with E-state index >= 15 is 0 Å². The normalized spacial score (nSPS) is 12.5. The summed E-state index contributed by atoms with van der Waals surface area (Å²) >= 11 is 0. The third-order valence-corrected chi connectivity index (χ3v) is 2.90. The minimum absolute atomic E-state index is 0.271. The molecule has 0 aromatic carbocycles. The van der Waals surface area contributed by atoms with Gasteiger partial charge in [0, 0.05) is 20.0 Å². The van der Waals surface area contributed by atoms with Crippen LogP contribution in [0, 0.1) is 5.92 Å². The Morgan fingerprint density at radius 3 is 2.47 bits per heavy atom. The summed E-state index contributed by atoms with van der Waals surface area (Å²) < 4.78 is 0. The first-order valence-electron chi connectivity index (χ1n) is 6.09. The van der Waals surface area contributed by atoms with Crippen LogP contribution < -0.4 is 5.73 Å². The van der Waals surface area contributed by atoms with Crippen LogP contribution in [0.5, 0.6) is 0 Å². The van der Waals surface area contributed by atoms with Crippen molar-refractivity contribution in [3.63, 3.8) is 0 Å². The molecule has 0 aromatic heterocycles. The molecule has 90 valence electrons. The van der Waals surface area contributed by atoms with Gasteiger partial charge in [-0.2, -0.15) is 0 Å². The highest BCUT2D eigenvalue weighted by Gasteiger charge is 2.11. The zero-order valence-electron chi connectivity index (χ0n) is 10.5. The third-order valence-electron chi connectivity index (χ3n) is 2.90. The van der Waals surface area contributed by atoms with Gasteiger partial charge >= 0.3 is 0 Å². The maximum Gasteiger partial charge on any atom is 0.222 e. The Morgan fingerprint density at radius 1 is 1.33 bits per heavy atom. The summed E-state index contributed by atoms with van der Waals surface area (Å²) in [6.45, 7) is 5.86. The molecule has 0 aromatic rings. The van der Waals surface area contributed by atoms with Gasteiger partial charge in [0.15, 0.2) is 0 Å². The molecule has 0 fully saturated rings. The van der Waals surface area contributed by atoms with E-state index in [-0.39, 0.29) is 5.91 Å². The van der Waals surface area contributed by atoms with Crippen LogP contribution in [0.3, 0.4) is 0 Å². The monoisotopic (exact) mass is 214 g/mol. The van der Waals surface area contributed by atoms with Crippen LogP contribution in [-0.4, -0.2) is 30.9 Å². The van der Waals surface area contributed by atoms with Crippen molar-refractivity contribution in [1.29, 1.82) is 0 Å². The van der Waals surface area contributed by atoms with E-state index in [0.29, 0.717) is 12.3 Å². The number of carbonyl (C=O) groups is 1. The van der Waals surface area contributed by atoms with Crippen molar-refractivity contribution in [2.24, 2.45) is 11.7 Å². The van der Waals surface area contributed by atoms with Gasteiger partial charge in [-0.3, -0.25) is 4.79 Å². The molecule has 0 saturated carbocycles. The highest BCUT2D eigenvalue weighted by Crippen LogP contribution is 2.15. The van der Waals surface area contributed by atoms with E-state index in [1.807, 2.05) is 11.9 Å². The number of hydrogen-bond acceptors (Lipinski definition) is 2. The van der Waals surface area contributed by atoms with Crippen molar-refractivity contribution < 1.29 is 4.79 Å². The lowest BCUT2D eigenvalue weighted by Crippen LogP contribution is -2.27. The maximum absolute atomic E-state index is 11.7. The number of rotatable bonds is 8. The molecule has 2 N–H and O–H groups in total. The van der Waals surface area contributed by atoms with Crippen molar-refractivity contribution in [2.75, 3.05) is 20.1 Å². The fraction of sp³-hybridized carbons (Fsp3) is 0.917. The van der Waals surface area contributed by atoms with Crippen LogP contribution >= 0.6 is 0 Å². The molecule has 0 radical (unpaired) electrons. The highest BCUT2D eigenvalue weighted by molar-refractivity contribution is 5.75. The molecule has 0 aliphatic rings. The van der Waals surface area contributed by atoms with E-state index in [1.54, 1.807) is 0 Å². The van der Waals surface area contributed by atoms with Gasteiger partial charge in [-0.25, -0.2) is 0 Å². The van der Waals surface area contributed by atoms with Gasteiger partial charge in [-0.05, 0) is 31.7 Å². The van der Waals surface area contributed by atoms with Crippen LogP contribution in [0.25, 0.3) is 0 Å². The third kappa shape index (κ3) is 6.50. The number of carbonyl (C=O) groups excluding carboxylic acids is 1. The van der Waals surface area contributed by atoms with Crippen LogP contribution in [0.15, 0.2) is 0 Å². The fourth-order valence-corrected chi connectivity index (χ4v) is 1.77. The molecule has 0 rings (SSSR count). The number of hydrogen-bond donors (Lipinski definition) is 1. The SMILES string of the molecule is CCCN(C)C(=O)CCC(CC)CCN. The topological polar surface area (TPSA) is 46.3 Å². The lowest BCUT2D eigenvalue weighted by atomic mass is 9.96. The second-order valence-corrected chi connectivity index (χ2v) is 4.21. The average molecular weight is 214 g/mol. The van der Waals surface area contributed by atoms with Crippen LogP contribution in [0.2, 0.25) is 0 Å². The minimum atomic E-state index is 0.271. The average Bonchev–Trinajstić information content (AvgIpc) is 2.24. The predicted octanol–water partition coefficient (Wildman–Crippen LogP) is 2.01. The quantitative estimate of drug-likeness (QED) is 0.672. The van der Waals surface area contributed by atoms with Crippen LogP contribution in [-0.2, 0) is 4.79 Å². The van der Waals surface area contributed by atoms with Crippen molar-refractivity contribution in [2.45, 2.75) is 46.0 Å². The Kier molecular flexibility index (Phi) is 8.38. The van der Waals surface area contributed by atoms with Gasteiger partial charge in [-0.1, -0.05) is 20.3 Å². The molecular formula is C12H26N2O.